The van der Waals surface area contributed by atoms with E-state index in [2.05, 4.69) is 5.32 Å². The summed E-state index contributed by atoms with van der Waals surface area (Å²) in [7, 11) is 0. The smallest absolute Gasteiger partial charge is 0.338 e. The average Bonchev–Trinajstić information content (AvgIpc) is 2.71. The van der Waals surface area contributed by atoms with Gasteiger partial charge in [0.05, 0.1) is 18.8 Å². The highest BCUT2D eigenvalue weighted by atomic mass is 16.6. The molecule has 0 aliphatic carbocycles. The molecule has 6 nitrogen and oxygen atoms in total. The van der Waals surface area contributed by atoms with Crippen LogP contribution in [0.15, 0.2) is 54.6 Å². The van der Waals surface area contributed by atoms with Crippen LogP contribution in [0.2, 0.25) is 0 Å². The lowest BCUT2D eigenvalue weighted by Gasteiger charge is -2.06. The van der Waals surface area contributed by atoms with Crippen LogP contribution in [0, 0.1) is 0 Å². The molecule has 0 unspecified atom stereocenters. The van der Waals surface area contributed by atoms with Crippen LogP contribution in [0.3, 0.4) is 0 Å². The second-order valence-electron chi connectivity index (χ2n) is 5.73. The normalized spacial score (nSPS) is 10.6. The molecule has 28 heavy (non-hydrogen) atoms. The van der Waals surface area contributed by atoms with Crippen molar-refractivity contribution in [2.45, 2.75) is 13.8 Å². The number of amides is 1. The molecule has 148 valence electrons. The number of carbonyl (C=O) groups excluding carboxylic acids is 2. The highest BCUT2D eigenvalue weighted by Gasteiger charge is 2.07. The van der Waals surface area contributed by atoms with Crippen molar-refractivity contribution in [2.75, 3.05) is 31.7 Å². The van der Waals surface area contributed by atoms with Gasteiger partial charge >= 0.3 is 5.97 Å². The van der Waals surface area contributed by atoms with Gasteiger partial charge in [0.1, 0.15) is 12.4 Å². The van der Waals surface area contributed by atoms with Crippen LogP contribution in [0.1, 0.15) is 29.8 Å². The fourth-order valence-electron chi connectivity index (χ4n) is 2.31. The predicted octanol–water partition coefficient (Wildman–Crippen LogP) is 3.93. The molecule has 0 aliphatic rings. The summed E-state index contributed by atoms with van der Waals surface area (Å²) in [5.74, 6) is 0.106. The average molecular weight is 383 g/mol. The van der Waals surface area contributed by atoms with E-state index in [4.69, 9.17) is 14.2 Å². The molecule has 6 heteroatoms. The van der Waals surface area contributed by atoms with Crippen LogP contribution in [0.4, 0.5) is 5.69 Å². The van der Waals surface area contributed by atoms with Crippen molar-refractivity contribution in [3.05, 3.63) is 65.7 Å². The third-order valence-corrected chi connectivity index (χ3v) is 3.67. The maximum absolute atomic E-state index is 12.0. The zero-order valence-electron chi connectivity index (χ0n) is 16.1. The second-order valence-corrected chi connectivity index (χ2v) is 5.73. The molecule has 0 radical (unpaired) electrons. The van der Waals surface area contributed by atoms with Crippen molar-refractivity contribution in [3.8, 4) is 5.75 Å². The molecule has 0 atom stereocenters. The third-order valence-electron chi connectivity index (χ3n) is 3.67. The molecule has 0 bridgehead atoms. The molecule has 2 rings (SSSR count). The molecular weight excluding hydrogens is 358 g/mol. The Balaban J connectivity index is 1.83. The minimum absolute atomic E-state index is 0.210. The van der Waals surface area contributed by atoms with Crippen molar-refractivity contribution in [2.24, 2.45) is 0 Å². The molecule has 2 aromatic rings. The Bertz CT molecular complexity index is 782. The number of carbonyl (C=O) groups is 2. The van der Waals surface area contributed by atoms with Gasteiger partial charge in [-0.05, 0) is 61.9 Å². The molecular formula is C22H25NO5. The lowest BCUT2D eigenvalue weighted by molar-refractivity contribution is -0.111. The van der Waals surface area contributed by atoms with Crippen molar-refractivity contribution in [1.82, 2.24) is 0 Å². The summed E-state index contributed by atoms with van der Waals surface area (Å²) in [4.78, 5) is 23.9. The van der Waals surface area contributed by atoms with Gasteiger partial charge in [0.2, 0.25) is 5.91 Å². The van der Waals surface area contributed by atoms with Gasteiger partial charge in [-0.1, -0.05) is 12.1 Å². The number of ether oxygens (including phenoxy) is 3. The molecule has 0 saturated carbocycles. The van der Waals surface area contributed by atoms with Gasteiger partial charge in [-0.3, -0.25) is 4.79 Å². The van der Waals surface area contributed by atoms with Crippen LogP contribution in [-0.4, -0.2) is 38.3 Å². The zero-order valence-corrected chi connectivity index (χ0v) is 16.1. The number of benzene rings is 2. The van der Waals surface area contributed by atoms with Gasteiger partial charge < -0.3 is 19.5 Å². The molecule has 0 aromatic heterocycles. The first-order valence-corrected chi connectivity index (χ1v) is 9.19. The highest BCUT2D eigenvalue weighted by molar-refractivity contribution is 6.02. The van der Waals surface area contributed by atoms with E-state index in [1.807, 2.05) is 38.1 Å². The van der Waals surface area contributed by atoms with Gasteiger partial charge in [-0.2, -0.15) is 0 Å². The Morgan fingerprint density at radius 2 is 1.64 bits per heavy atom. The molecule has 2 aromatic carbocycles. The number of anilines is 1. The van der Waals surface area contributed by atoms with E-state index in [1.165, 1.54) is 6.08 Å². The van der Waals surface area contributed by atoms with Crippen molar-refractivity contribution in [1.29, 1.82) is 0 Å². The first-order chi connectivity index (χ1) is 13.6. The zero-order chi connectivity index (χ0) is 20.2. The van der Waals surface area contributed by atoms with Crippen molar-refractivity contribution < 1.29 is 23.8 Å². The van der Waals surface area contributed by atoms with Crippen LogP contribution in [0.25, 0.3) is 6.08 Å². The first kappa shape index (κ1) is 21.2. The second kappa shape index (κ2) is 11.6. The Labute approximate surface area is 165 Å². The maximum atomic E-state index is 12.0. The van der Waals surface area contributed by atoms with Crippen LogP contribution >= 0.6 is 0 Å². The molecule has 1 amide bonds. The van der Waals surface area contributed by atoms with E-state index >= 15 is 0 Å². The Morgan fingerprint density at radius 1 is 0.929 bits per heavy atom. The van der Waals surface area contributed by atoms with E-state index in [9.17, 15) is 9.59 Å². The van der Waals surface area contributed by atoms with Gasteiger partial charge in [0.15, 0.2) is 0 Å². The van der Waals surface area contributed by atoms with Gasteiger partial charge in [-0.25, -0.2) is 4.79 Å². The van der Waals surface area contributed by atoms with E-state index in [-0.39, 0.29) is 12.5 Å². The molecule has 1 N–H and O–H groups in total. The number of rotatable bonds is 10. The van der Waals surface area contributed by atoms with Crippen molar-refractivity contribution in [3.63, 3.8) is 0 Å². The summed E-state index contributed by atoms with van der Waals surface area (Å²) in [5.41, 5.74) is 1.90. The summed E-state index contributed by atoms with van der Waals surface area (Å²) < 4.78 is 15.6. The molecule has 0 fully saturated rings. The minimum atomic E-state index is -0.423. The topological polar surface area (TPSA) is 73.9 Å². The summed E-state index contributed by atoms with van der Waals surface area (Å²) in [6.45, 7) is 5.58. The SMILES string of the molecule is CCOCCOC(=O)c1ccc(NC(=O)/C=C/c2ccc(OCC)cc2)cc1. The van der Waals surface area contributed by atoms with Gasteiger partial charge in [-0.15, -0.1) is 0 Å². The van der Waals surface area contributed by atoms with Crippen molar-refractivity contribution >= 4 is 23.6 Å². The summed E-state index contributed by atoms with van der Waals surface area (Å²) >= 11 is 0. The predicted molar refractivity (Wildman–Crippen MR) is 108 cm³/mol. The Kier molecular flexibility index (Phi) is 8.75. The number of hydrogen-bond acceptors (Lipinski definition) is 5. The highest BCUT2D eigenvalue weighted by Crippen LogP contribution is 2.14. The molecule has 0 heterocycles. The largest absolute Gasteiger partial charge is 0.494 e. The fraction of sp³-hybridized carbons (Fsp3) is 0.273. The Morgan fingerprint density at radius 3 is 2.29 bits per heavy atom. The lowest BCUT2D eigenvalue weighted by Crippen LogP contribution is -2.11. The van der Waals surface area contributed by atoms with Gasteiger partial charge in [0, 0.05) is 18.4 Å². The molecule has 0 spiro atoms. The quantitative estimate of drug-likeness (QED) is 0.382. The summed E-state index contributed by atoms with van der Waals surface area (Å²) in [5, 5.41) is 2.75. The van der Waals surface area contributed by atoms with Crippen LogP contribution in [-0.2, 0) is 14.3 Å². The van der Waals surface area contributed by atoms with E-state index in [0.29, 0.717) is 31.1 Å². The van der Waals surface area contributed by atoms with E-state index < -0.39 is 5.97 Å². The third kappa shape index (κ3) is 7.25. The van der Waals surface area contributed by atoms with E-state index in [1.54, 1.807) is 30.3 Å². The van der Waals surface area contributed by atoms with Crippen LogP contribution in [0.5, 0.6) is 5.75 Å². The van der Waals surface area contributed by atoms with Gasteiger partial charge in [0.25, 0.3) is 0 Å². The number of nitrogens with one attached hydrogen (secondary N) is 1. The number of esters is 1. The van der Waals surface area contributed by atoms with Crippen LogP contribution < -0.4 is 10.1 Å². The monoisotopic (exact) mass is 383 g/mol. The fourth-order valence-corrected chi connectivity index (χ4v) is 2.31. The standard InChI is InChI=1S/C22H25NO5/c1-3-26-15-16-28-22(25)18-8-10-19(11-9-18)23-21(24)14-7-17-5-12-20(13-6-17)27-4-2/h5-14H,3-4,15-16H2,1-2H3,(H,23,24)/b14-7+. The summed E-state index contributed by atoms with van der Waals surface area (Å²) in [6, 6.07) is 14.0. The molecule has 0 saturated heterocycles. The summed E-state index contributed by atoms with van der Waals surface area (Å²) in [6.07, 6.45) is 3.17. The number of hydrogen-bond donors (Lipinski definition) is 1. The maximum Gasteiger partial charge on any atom is 0.338 e. The van der Waals surface area contributed by atoms with E-state index in [0.717, 1.165) is 11.3 Å². The minimum Gasteiger partial charge on any atom is -0.494 e. The molecule has 0 aliphatic heterocycles. The first-order valence-electron chi connectivity index (χ1n) is 9.19. The Hall–Kier alpha value is -3.12. The lowest BCUT2D eigenvalue weighted by atomic mass is 10.2.